The molecule has 262 valence electrons. The summed E-state index contributed by atoms with van der Waals surface area (Å²) in [7, 11) is 0. The smallest absolute Gasteiger partial charge is 0.453 e. The Hall–Kier alpha value is -3.21. The Bertz CT molecular complexity index is 993. The lowest BCUT2D eigenvalue weighted by molar-refractivity contribution is -0.558. The van der Waals surface area contributed by atoms with Crippen LogP contribution in [0, 0.1) is 0 Å². The highest BCUT2D eigenvalue weighted by atomic mass is 19.4. The number of unbranched alkanes of at least 4 members (excludes halogenated alkanes) is 3. The van der Waals surface area contributed by atoms with Gasteiger partial charge in [0.05, 0.1) is 25.9 Å². The zero-order chi connectivity index (χ0) is 35.2. The van der Waals surface area contributed by atoms with Crippen molar-refractivity contribution < 1.29 is 105 Å². The van der Waals surface area contributed by atoms with E-state index in [0.717, 1.165) is 0 Å². The third kappa shape index (κ3) is 16.1. The van der Waals surface area contributed by atoms with Crippen molar-refractivity contribution >= 4 is 30.5 Å². The van der Waals surface area contributed by atoms with Gasteiger partial charge in [0.25, 0.3) is 0 Å². The molecule has 0 aromatic heterocycles. The quantitative estimate of drug-likeness (QED) is 0.0456. The minimum absolute atomic E-state index is 0.0931. The zero-order valence-corrected chi connectivity index (χ0v) is 22.5. The maximum atomic E-state index is 13.6. The molecule has 0 saturated carbocycles. The minimum atomic E-state index is -7.15. The predicted molar refractivity (Wildman–Crippen MR) is 115 cm³/mol. The third-order valence-electron chi connectivity index (χ3n) is 4.52. The van der Waals surface area contributed by atoms with Crippen molar-refractivity contribution in [2.24, 2.45) is 0 Å². The number of ether oxygens (including phenoxy) is 6. The number of carbonyl (C=O) groups is 5. The molecule has 0 amide bonds. The van der Waals surface area contributed by atoms with E-state index in [4.69, 9.17) is 0 Å². The summed E-state index contributed by atoms with van der Waals surface area (Å²) in [4.78, 5) is 54.1. The van der Waals surface area contributed by atoms with Crippen LogP contribution in [0.3, 0.4) is 0 Å². The van der Waals surface area contributed by atoms with Gasteiger partial charge in [0, 0.05) is 12.8 Å². The van der Waals surface area contributed by atoms with Gasteiger partial charge in [-0.3, -0.25) is 14.4 Å². The molecule has 45 heavy (non-hydrogen) atoms. The van der Waals surface area contributed by atoms with E-state index in [-0.39, 0.29) is 19.3 Å². The molecule has 0 bridgehead atoms. The van der Waals surface area contributed by atoms with Crippen LogP contribution in [0.15, 0.2) is 0 Å². The summed E-state index contributed by atoms with van der Waals surface area (Å²) < 4.78 is 181. The van der Waals surface area contributed by atoms with E-state index >= 15 is 0 Å². The maximum absolute atomic E-state index is 13.6. The SMILES string of the molecule is O=CCCCCCOC(=O)CCC(=O)OCC(F)(F)OC(F)(F)C(F)(F)OC(F)(F)C(F)(F)OC(F)(F)COC(=O)CCC=O. The van der Waals surface area contributed by atoms with E-state index in [2.05, 4.69) is 23.7 Å². The number of hydrogen-bond donors (Lipinski definition) is 0. The summed E-state index contributed by atoms with van der Waals surface area (Å²) in [6.45, 7) is -5.33. The Morgan fingerprint density at radius 2 is 0.844 bits per heavy atom. The monoisotopic (exact) mass is 692 g/mol. The molecule has 0 rings (SSSR count). The fraction of sp³-hybridized carbons (Fsp3) is 0.773. The van der Waals surface area contributed by atoms with Gasteiger partial charge in [-0.2, -0.15) is 52.7 Å². The van der Waals surface area contributed by atoms with Crippen LogP contribution < -0.4 is 0 Å². The second-order valence-electron chi connectivity index (χ2n) is 8.41. The number of alkyl halides is 12. The Kier molecular flexibility index (Phi) is 16.2. The molecular formula is C22H24F12O11. The van der Waals surface area contributed by atoms with Crippen LogP contribution in [-0.4, -0.2) is 87.0 Å². The number of halogens is 12. The standard InChI is InChI=1S/C22H24F12O11/c23-17(24,12-41-14(37)6-5-10-36)43-19(27,28)21(31,32)45-22(33,34)20(29,30)44-18(25,26)13-42-16(39)8-7-15(38)40-11-4-2-1-3-9-35/h9-10H,1-8,11-13H2. The van der Waals surface area contributed by atoms with Crippen molar-refractivity contribution in [3.05, 3.63) is 0 Å². The van der Waals surface area contributed by atoms with E-state index in [0.29, 0.717) is 25.5 Å². The summed E-state index contributed by atoms with van der Waals surface area (Å²) in [6.07, 6.45) is -40.4. The van der Waals surface area contributed by atoms with Gasteiger partial charge in [-0.15, -0.1) is 0 Å². The molecule has 11 nitrogen and oxygen atoms in total. The van der Waals surface area contributed by atoms with Crippen molar-refractivity contribution in [3.63, 3.8) is 0 Å². The van der Waals surface area contributed by atoms with Crippen molar-refractivity contribution in [2.45, 2.75) is 88.0 Å². The minimum Gasteiger partial charge on any atom is -0.466 e. The molecule has 23 heteroatoms. The molecule has 0 heterocycles. The molecular weight excluding hydrogens is 668 g/mol. The first-order valence-corrected chi connectivity index (χ1v) is 12.1. The fourth-order valence-electron chi connectivity index (χ4n) is 2.45. The van der Waals surface area contributed by atoms with E-state index in [9.17, 15) is 76.7 Å². The van der Waals surface area contributed by atoms with Crippen LogP contribution in [0.5, 0.6) is 0 Å². The molecule has 0 atom stereocenters. The Labute approximate surface area is 244 Å². The number of carbonyl (C=O) groups excluding carboxylic acids is 5. The molecule has 0 N–H and O–H groups in total. The van der Waals surface area contributed by atoms with Gasteiger partial charge in [0.1, 0.15) is 12.6 Å². The van der Waals surface area contributed by atoms with Crippen molar-refractivity contribution in [1.82, 2.24) is 0 Å². The van der Waals surface area contributed by atoms with Gasteiger partial charge in [-0.1, -0.05) is 0 Å². The summed E-state index contributed by atoms with van der Waals surface area (Å²) in [5, 5.41) is 0. The van der Waals surface area contributed by atoms with Gasteiger partial charge in [-0.05, 0) is 19.3 Å². The Balaban J connectivity index is 5.07. The Morgan fingerprint density at radius 1 is 0.467 bits per heavy atom. The summed E-state index contributed by atoms with van der Waals surface area (Å²) in [5.41, 5.74) is 0. The lowest BCUT2D eigenvalue weighted by atomic mass is 10.2. The second-order valence-corrected chi connectivity index (χ2v) is 8.41. The number of aldehydes is 2. The van der Waals surface area contributed by atoms with Gasteiger partial charge in [-0.25, -0.2) is 14.2 Å². The number of hydrogen-bond acceptors (Lipinski definition) is 11. The van der Waals surface area contributed by atoms with Crippen molar-refractivity contribution in [2.75, 3.05) is 19.8 Å². The third-order valence-corrected chi connectivity index (χ3v) is 4.52. The van der Waals surface area contributed by atoms with E-state index in [1.165, 1.54) is 0 Å². The molecule has 0 aliphatic rings. The first-order chi connectivity index (χ1) is 20.4. The van der Waals surface area contributed by atoms with Gasteiger partial charge < -0.3 is 23.8 Å². The fourth-order valence-corrected chi connectivity index (χ4v) is 2.45. The van der Waals surface area contributed by atoms with Crippen LogP contribution >= 0.6 is 0 Å². The van der Waals surface area contributed by atoms with E-state index < -0.39 is 93.5 Å². The highest BCUT2D eigenvalue weighted by Gasteiger charge is 2.74. The van der Waals surface area contributed by atoms with Gasteiger partial charge in [0.2, 0.25) is 0 Å². The lowest BCUT2D eigenvalue weighted by Gasteiger charge is -2.34. The van der Waals surface area contributed by atoms with Crippen molar-refractivity contribution in [3.8, 4) is 0 Å². The molecule has 0 aromatic carbocycles. The lowest BCUT2D eigenvalue weighted by Crippen LogP contribution is -2.58. The number of rotatable bonds is 24. The highest BCUT2D eigenvalue weighted by Crippen LogP contribution is 2.48. The maximum Gasteiger partial charge on any atom is 0.453 e. The first kappa shape index (κ1) is 41.8. The van der Waals surface area contributed by atoms with Crippen LogP contribution in [-0.2, 0) is 52.4 Å². The second kappa shape index (κ2) is 17.5. The van der Waals surface area contributed by atoms with Crippen LogP contribution in [0.1, 0.15) is 51.4 Å². The average Bonchev–Trinajstić information content (AvgIpc) is 2.88. The summed E-state index contributed by atoms with van der Waals surface area (Å²) in [5.74, 6) is -4.45. The largest absolute Gasteiger partial charge is 0.466 e. The molecule has 0 spiro atoms. The zero-order valence-electron chi connectivity index (χ0n) is 22.5. The molecule has 0 aliphatic heterocycles. The summed E-state index contributed by atoms with van der Waals surface area (Å²) >= 11 is 0. The van der Waals surface area contributed by atoms with Crippen LogP contribution in [0.4, 0.5) is 52.7 Å². The Morgan fingerprint density at radius 3 is 1.27 bits per heavy atom. The van der Waals surface area contributed by atoms with Gasteiger partial charge in [0.15, 0.2) is 13.2 Å². The van der Waals surface area contributed by atoms with E-state index in [1.807, 2.05) is 4.74 Å². The highest BCUT2D eigenvalue weighted by molar-refractivity contribution is 5.77. The molecule has 0 aliphatic carbocycles. The normalized spacial score (nSPS) is 13.2. The van der Waals surface area contributed by atoms with Gasteiger partial charge >= 0.3 is 54.6 Å². The van der Waals surface area contributed by atoms with Crippen LogP contribution in [0.25, 0.3) is 0 Å². The molecule has 0 aromatic rings. The van der Waals surface area contributed by atoms with E-state index in [1.54, 1.807) is 0 Å². The molecule has 0 saturated heterocycles. The molecule has 0 radical (unpaired) electrons. The predicted octanol–water partition coefficient (Wildman–Crippen LogP) is 4.74. The van der Waals surface area contributed by atoms with Crippen molar-refractivity contribution in [1.29, 1.82) is 0 Å². The molecule has 0 fully saturated rings. The first-order valence-electron chi connectivity index (χ1n) is 12.1. The summed E-state index contributed by atoms with van der Waals surface area (Å²) in [6, 6.07) is 0. The van der Waals surface area contributed by atoms with Crippen LogP contribution in [0.2, 0.25) is 0 Å². The topological polar surface area (TPSA) is 141 Å². The number of esters is 3. The average molecular weight is 692 g/mol. The molecule has 0 unspecified atom stereocenters.